The van der Waals surface area contributed by atoms with Crippen molar-refractivity contribution in [2.45, 2.75) is 23.9 Å². The third-order valence-corrected chi connectivity index (χ3v) is 8.17. The number of nitrogens with one attached hydrogen (secondary N) is 2. The van der Waals surface area contributed by atoms with E-state index in [1.54, 1.807) is 39.4 Å². The largest absolute Gasteiger partial charge is 0.497 e. The third-order valence-electron chi connectivity index (χ3n) is 5.87. The van der Waals surface area contributed by atoms with Crippen LogP contribution in [0.2, 0.25) is 0 Å². The van der Waals surface area contributed by atoms with E-state index in [1.165, 1.54) is 36.0 Å². The van der Waals surface area contributed by atoms with Crippen molar-refractivity contribution in [3.05, 3.63) is 90.6 Å². The molecule has 0 radical (unpaired) electrons. The SMILES string of the molecule is COc1ccc(-n2c(SCC(=O)Nc3ccc(S(=O)(=O)Nc4cc(C)nc(C)n4)cc3)nnc2-c2cccnc2)cc1. The first-order valence-electron chi connectivity index (χ1n) is 12.6. The second-order valence-corrected chi connectivity index (χ2v) is 11.6. The van der Waals surface area contributed by atoms with Crippen LogP contribution in [0.5, 0.6) is 5.75 Å². The molecule has 0 aliphatic rings. The lowest BCUT2D eigenvalue weighted by Crippen LogP contribution is -2.16. The summed E-state index contributed by atoms with van der Waals surface area (Å²) in [5.41, 5.74) is 2.65. The number of pyridine rings is 1. The molecule has 214 valence electrons. The molecule has 0 saturated heterocycles. The summed E-state index contributed by atoms with van der Waals surface area (Å²) in [6.07, 6.45) is 3.37. The molecule has 3 aromatic heterocycles. The van der Waals surface area contributed by atoms with Gasteiger partial charge in [-0.05, 0) is 74.5 Å². The summed E-state index contributed by atoms with van der Waals surface area (Å²) in [6, 6.07) is 18.5. The Bertz CT molecular complexity index is 1790. The van der Waals surface area contributed by atoms with Gasteiger partial charge in [-0.3, -0.25) is 19.1 Å². The molecule has 0 fully saturated rings. The van der Waals surface area contributed by atoms with Gasteiger partial charge in [0, 0.05) is 41.1 Å². The molecule has 1 amide bonds. The number of sulfonamides is 1. The van der Waals surface area contributed by atoms with Crippen molar-refractivity contribution in [2.75, 3.05) is 22.9 Å². The van der Waals surface area contributed by atoms with Gasteiger partial charge in [0.05, 0.1) is 17.8 Å². The highest BCUT2D eigenvalue weighted by Crippen LogP contribution is 2.29. The summed E-state index contributed by atoms with van der Waals surface area (Å²) >= 11 is 1.21. The number of nitrogens with zero attached hydrogens (tertiary/aromatic N) is 6. The Morgan fingerprint density at radius 2 is 1.76 bits per heavy atom. The number of ether oxygens (including phenoxy) is 1. The molecular weight excluding hydrogens is 576 g/mol. The number of rotatable bonds is 10. The summed E-state index contributed by atoms with van der Waals surface area (Å²) in [7, 11) is -2.28. The summed E-state index contributed by atoms with van der Waals surface area (Å²) in [5.74, 6) is 1.66. The Morgan fingerprint density at radius 1 is 1.00 bits per heavy atom. The molecular formula is C28H26N8O4S2. The van der Waals surface area contributed by atoms with E-state index in [2.05, 4.69) is 35.2 Å². The smallest absolute Gasteiger partial charge is 0.263 e. The number of hydrogen-bond acceptors (Lipinski definition) is 10. The van der Waals surface area contributed by atoms with Gasteiger partial charge in [-0.1, -0.05) is 11.8 Å². The van der Waals surface area contributed by atoms with E-state index in [1.807, 2.05) is 41.0 Å². The third kappa shape index (κ3) is 6.72. The summed E-state index contributed by atoms with van der Waals surface area (Å²) in [5, 5.41) is 12.0. The van der Waals surface area contributed by atoms with E-state index in [4.69, 9.17) is 4.74 Å². The number of methoxy groups -OCH3 is 1. The molecule has 2 N–H and O–H groups in total. The number of anilines is 2. The minimum absolute atomic E-state index is 0.0271. The van der Waals surface area contributed by atoms with Crippen molar-refractivity contribution in [1.29, 1.82) is 0 Å². The molecule has 42 heavy (non-hydrogen) atoms. The highest BCUT2D eigenvalue weighted by atomic mass is 32.2. The van der Waals surface area contributed by atoms with Gasteiger partial charge in [-0.2, -0.15) is 0 Å². The van der Waals surface area contributed by atoms with Crippen LogP contribution in [0.25, 0.3) is 17.1 Å². The molecule has 0 saturated carbocycles. The molecule has 14 heteroatoms. The van der Waals surface area contributed by atoms with E-state index >= 15 is 0 Å². The molecule has 12 nitrogen and oxygen atoms in total. The molecule has 0 aliphatic heterocycles. The van der Waals surface area contributed by atoms with Crippen LogP contribution in [-0.2, 0) is 14.8 Å². The predicted octanol–water partition coefficient (Wildman–Crippen LogP) is 4.28. The van der Waals surface area contributed by atoms with Gasteiger partial charge in [0.25, 0.3) is 10.0 Å². The lowest BCUT2D eigenvalue weighted by atomic mass is 10.2. The Kier molecular flexibility index (Phi) is 8.45. The maximum Gasteiger partial charge on any atom is 0.263 e. The second-order valence-electron chi connectivity index (χ2n) is 8.99. The lowest BCUT2D eigenvalue weighted by molar-refractivity contribution is -0.113. The molecule has 0 spiro atoms. The van der Waals surface area contributed by atoms with Crippen molar-refractivity contribution in [2.24, 2.45) is 0 Å². The quantitative estimate of drug-likeness (QED) is 0.221. The Hall–Kier alpha value is -4.82. The topological polar surface area (TPSA) is 154 Å². The van der Waals surface area contributed by atoms with Crippen LogP contribution in [-0.4, -0.2) is 56.9 Å². The van der Waals surface area contributed by atoms with Crippen molar-refractivity contribution < 1.29 is 17.9 Å². The first kappa shape index (κ1) is 28.7. The van der Waals surface area contributed by atoms with Crippen molar-refractivity contribution in [1.82, 2.24) is 29.7 Å². The lowest BCUT2D eigenvalue weighted by Gasteiger charge is -2.11. The molecule has 5 aromatic rings. The number of benzene rings is 2. The van der Waals surface area contributed by atoms with Gasteiger partial charge in [0.1, 0.15) is 17.4 Å². The number of aryl methyl sites for hydroxylation is 2. The first-order valence-corrected chi connectivity index (χ1v) is 15.1. The van der Waals surface area contributed by atoms with Gasteiger partial charge in [0.2, 0.25) is 5.91 Å². The maximum absolute atomic E-state index is 12.8. The molecule has 3 heterocycles. The number of amides is 1. The number of aromatic nitrogens is 6. The molecule has 2 aromatic carbocycles. The van der Waals surface area contributed by atoms with Gasteiger partial charge < -0.3 is 10.1 Å². The van der Waals surface area contributed by atoms with Gasteiger partial charge >= 0.3 is 0 Å². The average molecular weight is 603 g/mol. The molecule has 0 unspecified atom stereocenters. The Morgan fingerprint density at radius 3 is 2.43 bits per heavy atom. The number of carbonyl (C=O) groups is 1. The van der Waals surface area contributed by atoms with E-state index in [-0.39, 0.29) is 22.4 Å². The van der Waals surface area contributed by atoms with Crippen LogP contribution in [0.3, 0.4) is 0 Å². The summed E-state index contributed by atoms with van der Waals surface area (Å²) < 4.78 is 35.2. The number of thioether (sulfide) groups is 1. The number of carbonyl (C=O) groups excluding carboxylic acids is 1. The van der Waals surface area contributed by atoms with Crippen LogP contribution in [0, 0.1) is 13.8 Å². The molecule has 0 bridgehead atoms. The molecule has 5 rings (SSSR count). The number of hydrogen-bond donors (Lipinski definition) is 2. The zero-order valence-corrected chi connectivity index (χ0v) is 24.5. The van der Waals surface area contributed by atoms with Crippen LogP contribution in [0.15, 0.2) is 89.2 Å². The Labute approximate surface area is 246 Å². The van der Waals surface area contributed by atoms with E-state index in [0.717, 1.165) is 11.3 Å². The monoisotopic (exact) mass is 602 g/mol. The van der Waals surface area contributed by atoms with Crippen LogP contribution >= 0.6 is 11.8 Å². The molecule has 0 aliphatic carbocycles. The fraction of sp³-hybridized carbons (Fsp3) is 0.143. The molecule has 0 atom stereocenters. The van der Waals surface area contributed by atoms with Crippen molar-refractivity contribution in [3.8, 4) is 22.8 Å². The zero-order valence-electron chi connectivity index (χ0n) is 22.8. The first-order chi connectivity index (χ1) is 20.2. The minimum Gasteiger partial charge on any atom is -0.497 e. The fourth-order valence-corrected chi connectivity index (χ4v) is 5.76. The van der Waals surface area contributed by atoms with Crippen LogP contribution in [0.1, 0.15) is 11.5 Å². The average Bonchev–Trinajstić information content (AvgIpc) is 3.40. The zero-order chi connectivity index (χ0) is 29.7. The van der Waals surface area contributed by atoms with Crippen molar-refractivity contribution in [3.63, 3.8) is 0 Å². The minimum atomic E-state index is -3.88. The van der Waals surface area contributed by atoms with Crippen molar-refractivity contribution >= 4 is 39.2 Å². The predicted molar refractivity (Wildman–Crippen MR) is 159 cm³/mol. The highest BCUT2D eigenvalue weighted by molar-refractivity contribution is 7.99. The highest BCUT2D eigenvalue weighted by Gasteiger charge is 2.19. The second kappa shape index (κ2) is 12.4. The van der Waals surface area contributed by atoms with E-state index in [9.17, 15) is 13.2 Å². The maximum atomic E-state index is 12.8. The van der Waals surface area contributed by atoms with Crippen LogP contribution in [0.4, 0.5) is 11.5 Å². The fourth-order valence-electron chi connectivity index (χ4n) is 4.02. The van der Waals surface area contributed by atoms with Gasteiger partial charge in [0.15, 0.2) is 11.0 Å². The standard InChI is InChI=1S/C28H26N8O4S2/c1-18-15-25(31-19(2)30-18)35-42(38,39)24-12-6-21(7-13-24)32-26(37)17-41-28-34-33-27(20-5-4-14-29-16-20)36(28)22-8-10-23(40-3)11-9-22/h4-16H,17H2,1-3H3,(H,32,37)(H,30,31,35). The van der Waals surface area contributed by atoms with Gasteiger partial charge in [-0.25, -0.2) is 18.4 Å². The van der Waals surface area contributed by atoms with Gasteiger partial charge in [-0.15, -0.1) is 10.2 Å². The van der Waals surface area contributed by atoms with Crippen LogP contribution < -0.4 is 14.8 Å². The van der Waals surface area contributed by atoms with E-state index < -0.39 is 10.0 Å². The summed E-state index contributed by atoms with van der Waals surface area (Å²) in [6.45, 7) is 3.44. The Balaban J connectivity index is 1.28. The summed E-state index contributed by atoms with van der Waals surface area (Å²) in [4.78, 5) is 25.3. The normalized spacial score (nSPS) is 11.2. The van der Waals surface area contributed by atoms with E-state index in [0.29, 0.717) is 33.9 Å².